The number of rotatable bonds is 2. The number of hydrogen-bond acceptors (Lipinski definition) is 1. The van der Waals surface area contributed by atoms with Gasteiger partial charge >= 0.3 is 0 Å². The van der Waals surface area contributed by atoms with E-state index >= 15 is 0 Å². The summed E-state index contributed by atoms with van der Waals surface area (Å²) < 4.78 is 1.02. The minimum atomic E-state index is 0.446. The molecule has 27 heavy (non-hydrogen) atoms. The van der Waals surface area contributed by atoms with Gasteiger partial charge in [-0.3, -0.25) is 5.41 Å². The highest BCUT2D eigenvalue weighted by atomic mass is 79.9. The molecule has 3 nitrogen and oxygen atoms in total. The summed E-state index contributed by atoms with van der Waals surface area (Å²) in [6.07, 6.45) is 11.3. The first-order valence-corrected chi connectivity index (χ1v) is 11.0. The first kappa shape index (κ1) is 16.2. The van der Waals surface area contributed by atoms with Crippen LogP contribution in [0.15, 0.2) is 28.7 Å². The molecule has 0 atom stereocenters. The maximum atomic E-state index is 8.63. The highest BCUT2D eigenvalue weighted by Crippen LogP contribution is 2.53. The van der Waals surface area contributed by atoms with E-state index in [0.717, 1.165) is 33.8 Å². The first-order chi connectivity index (χ1) is 13.2. The number of hydrogen-bond donors (Lipinski definition) is 3. The Morgan fingerprint density at radius 2 is 1.74 bits per heavy atom. The number of benzene rings is 2. The van der Waals surface area contributed by atoms with Gasteiger partial charge in [-0.1, -0.05) is 30.4 Å². The van der Waals surface area contributed by atoms with Crippen molar-refractivity contribution in [2.24, 2.45) is 23.7 Å². The van der Waals surface area contributed by atoms with Crippen LogP contribution in [0, 0.1) is 29.1 Å². The van der Waals surface area contributed by atoms with Crippen LogP contribution in [0.1, 0.15) is 43.2 Å². The molecule has 0 heterocycles. The average Bonchev–Trinajstić information content (AvgIpc) is 3.06. The van der Waals surface area contributed by atoms with Gasteiger partial charge in [0, 0.05) is 16.1 Å². The minimum absolute atomic E-state index is 0.446. The fraction of sp³-hybridized carbons (Fsp3) is 0.435. The van der Waals surface area contributed by atoms with Crippen LogP contribution in [-0.2, 0) is 0 Å². The monoisotopic (exact) mass is 421 g/mol. The van der Waals surface area contributed by atoms with Crippen molar-refractivity contribution in [2.75, 3.05) is 5.32 Å². The number of nitrogens with one attached hydrogen (secondary N) is 3. The Labute approximate surface area is 168 Å². The normalized spacial score (nSPS) is 32.3. The number of anilines is 1. The molecular formula is C23H24BrN3. The Kier molecular flexibility index (Phi) is 3.50. The van der Waals surface area contributed by atoms with Gasteiger partial charge < -0.3 is 10.6 Å². The molecule has 0 radical (unpaired) electrons. The zero-order chi connectivity index (χ0) is 18.1. The van der Waals surface area contributed by atoms with Gasteiger partial charge in [0.2, 0.25) is 0 Å². The maximum absolute atomic E-state index is 8.63. The lowest BCUT2D eigenvalue weighted by Crippen LogP contribution is -2.56. The molecular weight excluding hydrogens is 398 g/mol. The molecule has 0 saturated heterocycles. The molecule has 0 aromatic heterocycles. The van der Waals surface area contributed by atoms with E-state index in [2.05, 4.69) is 63.0 Å². The summed E-state index contributed by atoms with van der Waals surface area (Å²) in [6, 6.07) is 9.06. The highest BCUT2D eigenvalue weighted by molar-refractivity contribution is 9.10. The van der Waals surface area contributed by atoms with Gasteiger partial charge in [0.1, 0.15) is 0 Å². The minimum Gasteiger partial charge on any atom is -0.353 e. The van der Waals surface area contributed by atoms with Crippen molar-refractivity contribution in [1.82, 2.24) is 5.32 Å². The summed E-state index contributed by atoms with van der Waals surface area (Å²) >= 11 is 3.73. The van der Waals surface area contributed by atoms with Crippen molar-refractivity contribution in [2.45, 2.75) is 38.1 Å². The first-order valence-electron chi connectivity index (χ1n) is 10.2. The van der Waals surface area contributed by atoms with E-state index in [9.17, 15) is 0 Å². The molecule has 2 aromatic rings. The smallest absolute Gasteiger partial charge is 0.193 e. The van der Waals surface area contributed by atoms with Crippen molar-refractivity contribution in [3.8, 4) is 0 Å². The Bertz CT molecular complexity index is 965. The molecule has 0 unspecified atom stereocenters. The number of guanidine groups is 1. The SMILES string of the molecule is N=C(Nc1c(Br)cc2cccc3c2c1C=C3)NC1C2CC3CC(C2)CC1C3. The predicted molar refractivity (Wildman–Crippen MR) is 116 cm³/mol. The van der Waals surface area contributed by atoms with E-state index in [1.807, 2.05) is 0 Å². The predicted octanol–water partition coefficient (Wildman–Crippen LogP) is 5.85. The summed E-state index contributed by atoms with van der Waals surface area (Å²) in [5.41, 5.74) is 3.45. The lowest BCUT2D eigenvalue weighted by molar-refractivity contribution is -0.00695. The molecule has 0 amide bonds. The van der Waals surface area contributed by atoms with Gasteiger partial charge in [-0.25, -0.2) is 0 Å². The van der Waals surface area contributed by atoms with E-state index < -0.39 is 0 Å². The molecule has 2 aromatic carbocycles. The molecule has 0 spiro atoms. The summed E-state index contributed by atoms with van der Waals surface area (Å²) in [6.45, 7) is 0. The Morgan fingerprint density at radius 3 is 2.48 bits per heavy atom. The second-order valence-electron chi connectivity index (χ2n) is 9.03. The van der Waals surface area contributed by atoms with E-state index in [0.29, 0.717) is 12.0 Å². The summed E-state index contributed by atoms with van der Waals surface area (Å²) in [7, 11) is 0. The quantitative estimate of drug-likeness (QED) is 0.359. The maximum Gasteiger partial charge on any atom is 0.193 e. The molecule has 0 aliphatic heterocycles. The number of halogens is 1. The third-order valence-electron chi connectivity index (χ3n) is 7.41. The van der Waals surface area contributed by atoms with Crippen molar-refractivity contribution < 1.29 is 0 Å². The van der Waals surface area contributed by atoms with Gasteiger partial charge in [-0.05, 0) is 94.1 Å². The molecule has 3 N–H and O–H groups in total. The van der Waals surface area contributed by atoms with E-state index in [1.54, 1.807) is 0 Å². The molecule has 4 fully saturated rings. The fourth-order valence-electron chi connectivity index (χ4n) is 6.58. The van der Waals surface area contributed by atoms with Crippen molar-refractivity contribution >= 4 is 50.5 Å². The van der Waals surface area contributed by atoms with Crippen LogP contribution in [-0.4, -0.2) is 12.0 Å². The van der Waals surface area contributed by atoms with Crippen LogP contribution in [0.2, 0.25) is 0 Å². The topological polar surface area (TPSA) is 47.9 Å². The average molecular weight is 422 g/mol. The van der Waals surface area contributed by atoms with Gasteiger partial charge in [0.05, 0.1) is 5.69 Å². The standard InChI is InChI=1S/C23H24BrN3/c24-19-11-15-3-1-2-14-4-5-18(20(14)15)22(19)27-23(25)26-21-16-7-12-6-13(9-16)10-17(21)8-12/h1-5,11-13,16-17,21H,6-10H2,(H3,25,26,27). The Hall–Kier alpha value is -1.81. The highest BCUT2D eigenvalue weighted by Gasteiger charge is 2.48. The van der Waals surface area contributed by atoms with Crippen molar-refractivity contribution in [3.05, 3.63) is 39.9 Å². The Balaban J connectivity index is 1.27. The second kappa shape index (κ2) is 5.84. The summed E-state index contributed by atoms with van der Waals surface area (Å²) in [5, 5.41) is 18.1. The molecule has 7 rings (SSSR count). The molecule has 4 saturated carbocycles. The lowest BCUT2D eigenvalue weighted by atomic mass is 9.54. The van der Waals surface area contributed by atoms with Gasteiger partial charge in [0.15, 0.2) is 5.96 Å². The molecule has 4 bridgehead atoms. The van der Waals surface area contributed by atoms with E-state index in [-0.39, 0.29) is 0 Å². The van der Waals surface area contributed by atoms with Gasteiger partial charge in [-0.15, -0.1) is 0 Å². The zero-order valence-corrected chi connectivity index (χ0v) is 16.9. The molecule has 4 heteroatoms. The fourth-order valence-corrected chi connectivity index (χ4v) is 7.14. The van der Waals surface area contributed by atoms with Gasteiger partial charge in [-0.2, -0.15) is 0 Å². The van der Waals surface area contributed by atoms with Crippen LogP contribution in [0.5, 0.6) is 0 Å². The van der Waals surface area contributed by atoms with Crippen LogP contribution < -0.4 is 10.6 Å². The Morgan fingerprint density at radius 1 is 1.00 bits per heavy atom. The molecule has 5 aliphatic carbocycles. The summed E-state index contributed by atoms with van der Waals surface area (Å²) in [5.74, 6) is 3.91. The van der Waals surface area contributed by atoms with Gasteiger partial charge in [0.25, 0.3) is 0 Å². The largest absolute Gasteiger partial charge is 0.353 e. The van der Waals surface area contributed by atoms with Crippen LogP contribution in [0.25, 0.3) is 22.9 Å². The van der Waals surface area contributed by atoms with E-state index in [1.165, 1.54) is 54.0 Å². The second-order valence-corrected chi connectivity index (χ2v) is 9.88. The molecule has 5 aliphatic rings. The van der Waals surface area contributed by atoms with Crippen molar-refractivity contribution in [1.29, 1.82) is 5.41 Å². The zero-order valence-electron chi connectivity index (χ0n) is 15.3. The summed E-state index contributed by atoms with van der Waals surface area (Å²) in [4.78, 5) is 0. The molecule has 138 valence electrons. The van der Waals surface area contributed by atoms with Crippen LogP contribution in [0.3, 0.4) is 0 Å². The van der Waals surface area contributed by atoms with Crippen molar-refractivity contribution in [3.63, 3.8) is 0 Å². The third-order valence-corrected chi connectivity index (χ3v) is 8.03. The lowest BCUT2D eigenvalue weighted by Gasteiger charge is -2.54. The van der Waals surface area contributed by atoms with E-state index in [4.69, 9.17) is 5.41 Å². The van der Waals surface area contributed by atoms with Crippen LogP contribution >= 0.6 is 15.9 Å². The third kappa shape index (κ3) is 2.49. The van der Waals surface area contributed by atoms with Crippen LogP contribution in [0.4, 0.5) is 5.69 Å².